The Balaban J connectivity index is 1.11. The van der Waals surface area contributed by atoms with Crippen molar-refractivity contribution in [2.45, 2.75) is 6.17 Å². The summed E-state index contributed by atoms with van der Waals surface area (Å²) in [6.45, 7) is 0. The monoisotopic (exact) mass is 869 g/mol. The number of amidine groups is 1. The number of hydrogen-bond donors (Lipinski definition) is 1. The summed E-state index contributed by atoms with van der Waals surface area (Å²) in [7, 11) is 0. The van der Waals surface area contributed by atoms with Gasteiger partial charge in [0.1, 0.15) is 6.17 Å². The molecule has 13 rings (SSSR count). The Morgan fingerprint density at radius 3 is 1.37 bits per heavy atom. The van der Waals surface area contributed by atoms with Crippen molar-refractivity contribution >= 4 is 55.4 Å². The van der Waals surface area contributed by atoms with Crippen molar-refractivity contribution in [2.24, 2.45) is 9.98 Å². The molecule has 10 aromatic carbocycles. The zero-order chi connectivity index (χ0) is 45.0. The van der Waals surface area contributed by atoms with E-state index < -0.39 is 6.17 Å². The van der Waals surface area contributed by atoms with Crippen LogP contribution in [0.4, 0.5) is 0 Å². The molecule has 1 atom stereocenters. The van der Waals surface area contributed by atoms with Gasteiger partial charge in [0.25, 0.3) is 0 Å². The van der Waals surface area contributed by atoms with E-state index in [1.54, 1.807) is 0 Å². The molecule has 5 nitrogen and oxygen atoms in total. The minimum Gasteiger partial charge on any atom is -0.330 e. The molecule has 3 heterocycles. The summed E-state index contributed by atoms with van der Waals surface area (Å²) in [6, 6.07) is 88.9. The second-order valence-electron chi connectivity index (χ2n) is 17.4. The first-order valence-electron chi connectivity index (χ1n) is 23.2. The van der Waals surface area contributed by atoms with Crippen molar-refractivity contribution in [2.75, 3.05) is 0 Å². The maximum atomic E-state index is 5.57. The molecular weight excluding hydrogens is 827 g/mol. The lowest BCUT2D eigenvalue weighted by atomic mass is 9.95. The summed E-state index contributed by atoms with van der Waals surface area (Å²) in [5.74, 6) is 1.36. The lowest BCUT2D eigenvalue weighted by molar-refractivity contribution is 0.662. The van der Waals surface area contributed by atoms with Gasteiger partial charge in [0.15, 0.2) is 5.84 Å². The SMILES string of the molecule is c1ccc(-c2ccc(C3N=C(c4cccc(-c5ccccc5)c4)N=C(n4c5ccccc5c5ccc6c7ccccc7n(-c7c(-c8ccccc8)cccc7-c7ccccc7)c6c54)N3)cc2)cc1. The summed E-state index contributed by atoms with van der Waals surface area (Å²) < 4.78 is 4.88. The Bertz CT molecular complexity index is 3850. The van der Waals surface area contributed by atoms with E-state index in [0.717, 1.165) is 94.0 Å². The van der Waals surface area contributed by atoms with Crippen LogP contribution in [0.2, 0.25) is 0 Å². The summed E-state index contributed by atoms with van der Waals surface area (Å²) in [4.78, 5) is 11.0. The highest BCUT2D eigenvalue weighted by Gasteiger charge is 2.28. The van der Waals surface area contributed by atoms with Crippen molar-refractivity contribution in [3.05, 3.63) is 260 Å². The number of fused-ring (bicyclic) bond motifs is 7. The Morgan fingerprint density at radius 1 is 0.338 bits per heavy atom. The number of aromatic nitrogens is 2. The van der Waals surface area contributed by atoms with Crippen molar-refractivity contribution in [1.29, 1.82) is 0 Å². The van der Waals surface area contributed by atoms with Crippen LogP contribution in [0.3, 0.4) is 0 Å². The van der Waals surface area contributed by atoms with E-state index in [4.69, 9.17) is 9.98 Å². The van der Waals surface area contributed by atoms with Gasteiger partial charge in [-0.2, -0.15) is 4.99 Å². The Morgan fingerprint density at radius 2 is 0.779 bits per heavy atom. The predicted octanol–water partition coefficient (Wildman–Crippen LogP) is 15.5. The first kappa shape index (κ1) is 39.3. The number of para-hydroxylation sites is 3. The molecule has 0 aliphatic carbocycles. The van der Waals surface area contributed by atoms with Crippen LogP contribution in [0.25, 0.3) is 93.8 Å². The van der Waals surface area contributed by atoms with Crippen LogP contribution < -0.4 is 5.32 Å². The Labute approximate surface area is 394 Å². The number of aliphatic imine (C=N–C) groups is 2. The van der Waals surface area contributed by atoms with Gasteiger partial charge in [-0.15, -0.1) is 0 Å². The first-order valence-corrected chi connectivity index (χ1v) is 23.2. The molecule has 0 saturated heterocycles. The zero-order valence-corrected chi connectivity index (χ0v) is 37.0. The van der Waals surface area contributed by atoms with Gasteiger partial charge in [0.05, 0.1) is 27.8 Å². The summed E-state index contributed by atoms with van der Waals surface area (Å²) >= 11 is 0. The van der Waals surface area contributed by atoms with Crippen molar-refractivity contribution in [1.82, 2.24) is 14.5 Å². The Kier molecular flexibility index (Phi) is 9.50. The number of nitrogens with zero attached hydrogens (tertiary/aromatic N) is 4. The van der Waals surface area contributed by atoms with Crippen LogP contribution in [-0.4, -0.2) is 20.9 Å². The fourth-order valence-corrected chi connectivity index (χ4v) is 10.2. The van der Waals surface area contributed by atoms with Gasteiger partial charge in [-0.25, -0.2) is 4.99 Å². The molecule has 5 heteroatoms. The predicted molar refractivity (Wildman–Crippen MR) is 284 cm³/mol. The van der Waals surface area contributed by atoms with E-state index in [1.807, 2.05) is 0 Å². The Hall–Kier alpha value is -9.06. The van der Waals surface area contributed by atoms with E-state index in [1.165, 1.54) is 10.9 Å². The molecule has 0 saturated carbocycles. The van der Waals surface area contributed by atoms with E-state index in [9.17, 15) is 0 Å². The fraction of sp³-hybridized carbons (Fsp3) is 0.0159. The van der Waals surface area contributed by atoms with Gasteiger partial charge in [0.2, 0.25) is 5.96 Å². The fourth-order valence-electron chi connectivity index (χ4n) is 10.2. The molecule has 12 aromatic rings. The highest BCUT2D eigenvalue weighted by molar-refractivity contribution is 6.27. The highest BCUT2D eigenvalue weighted by atomic mass is 15.3. The largest absolute Gasteiger partial charge is 0.330 e. The summed E-state index contributed by atoms with van der Waals surface area (Å²) in [6.07, 6.45) is -0.438. The number of rotatable bonds is 7. The average Bonchev–Trinajstić information content (AvgIpc) is 3.95. The standard InChI is InChI=1S/C63H43N5/c1-5-19-42(20-6-1)44-35-37-47(38-36-44)61-64-62(49-28-17-27-48(41-49)43-21-7-2-8-22-43)66-63(65-61)68-57-34-16-14-30-53(57)55-40-39-54-52-29-13-15-33-56(52)67(59(54)60(55)68)58-50(45-23-9-3-10-24-45)31-18-32-51(58)46-25-11-4-12-26-46/h1-41,61H,(H,64,65,66). The van der Waals surface area contributed by atoms with E-state index in [0.29, 0.717) is 11.8 Å². The van der Waals surface area contributed by atoms with E-state index >= 15 is 0 Å². The second kappa shape index (κ2) is 16.4. The number of benzene rings is 10. The topological polar surface area (TPSA) is 46.6 Å². The average molecular weight is 870 g/mol. The normalized spacial score (nSPS) is 13.7. The maximum absolute atomic E-state index is 5.57. The second-order valence-corrected chi connectivity index (χ2v) is 17.4. The first-order chi connectivity index (χ1) is 33.7. The van der Waals surface area contributed by atoms with Gasteiger partial charge in [-0.05, 0) is 57.1 Å². The summed E-state index contributed by atoms with van der Waals surface area (Å²) in [5.41, 5.74) is 16.6. The molecule has 0 amide bonds. The number of nitrogens with one attached hydrogen (secondary N) is 1. The minimum atomic E-state index is -0.438. The van der Waals surface area contributed by atoms with Crippen molar-refractivity contribution in [3.63, 3.8) is 0 Å². The van der Waals surface area contributed by atoms with E-state index in [2.05, 4.69) is 263 Å². The molecule has 0 radical (unpaired) electrons. The van der Waals surface area contributed by atoms with Crippen LogP contribution in [0, 0.1) is 0 Å². The molecular formula is C63H43N5. The lowest BCUT2D eigenvalue weighted by Crippen LogP contribution is -2.37. The molecule has 68 heavy (non-hydrogen) atoms. The van der Waals surface area contributed by atoms with Crippen molar-refractivity contribution < 1.29 is 0 Å². The molecule has 1 N–H and O–H groups in total. The molecule has 0 spiro atoms. The summed E-state index contributed by atoms with van der Waals surface area (Å²) in [5, 5.41) is 8.53. The molecule has 320 valence electrons. The molecule has 0 bridgehead atoms. The smallest absolute Gasteiger partial charge is 0.212 e. The zero-order valence-electron chi connectivity index (χ0n) is 37.0. The van der Waals surface area contributed by atoms with E-state index in [-0.39, 0.29) is 0 Å². The van der Waals surface area contributed by atoms with Gasteiger partial charge >= 0.3 is 0 Å². The number of hydrogen-bond acceptors (Lipinski definition) is 3. The quantitative estimate of drug-likeness (QED) is 0.170. The van der Waals surface area contributed by atoms with Crippen LogP contribution >= 0.6 is 0 Å². The van der Waals surface area contributed by atoms with Crippen molar-refractivity contribution in [3.8, 4) is 50.2 Å². The lowest BCUT2D eigenvalue weighted by Gasteiger charge is -2.25. The van der Waals surface area contributed by atoms with Gasteiger partial charge < -0.3 is 9.88 Å². The van der Waals surface area contributed by atoms with Crippen LogP contribution in [-0.2, 0) is 0 Å². The third-order valence-electron chi connectivity index (χ3n) is 13.4. The molecule has 1 aliphatic heterocycles. The maximum Gasteiger partial charge on any atom is 0.212 e. The third kappa shape index (κ3) is 6.63. The van der Waals surface area contributed by atoms with Crippen LogP contribution in [0.15, 0.2) is 259 Å². The van der Waals surface area contributed by atoms with Crippen LogP contribution in [0.5, 0.6) is 0 Å². The molecule has 1 unspecified atom stereocenters. The highest BCUT2D eigenvalue weighted by Crippen LogP contribution is 2.45. The van der Waals surface area contributed by atoms with Gasteiger partial charge in [0, 0.05) is 38.2 Å². The molecule has 1 aliphatic rings. The third-order valence-corrected chi connectivity index (χ3v) is 13.4. The molecule has 0 fully saturated rings. The molecule has 2 aromatic heterocycles. The van der Waals surface area contributed by atoms with Gasteiger partial charge in [-0.1, -0.05) is 231 Å². The minimum absolute atomic E-state index is 0.438. The van der Waals surface area contributed by atoms with Gasteiger partial charge in [-0.3, -0.25) is 4.57 Å². The van der Waals surface area contributed by atoms with Crippen LogP contribution in [0.1, 0.15) is 17.3 Å².